The quantitative estimate of drug-likeness (QED) is 0.865. The molecule has 1 atom stereocenters. The van der Waals surface area contributed by atoms with Crippen LogP contribution < -0.4 is 10.2 Å². The number of aryl methyl sites for hydroxylation is 1. The molecule has 2 rings (SSSR count). The molecule has 0 aliphatic carbocycles. The lowest BCUT2D eigenvalue weighted by Gasteiger charge is -2.29. The molecule has 2 heterocycles. The second-order valence-corrected chi connectivity index (χ2v) is 7.35. The Hall–Kier alpha value is -1.56. The maximum absolute atomic E-state index is 12.6. The first kappa shape index (κ1) is 18.8. The molecule has 0 bridgehead atoms. The molecular formula is C18H33N5O. The zero-order valence-electron chi connectivity index (χ0n) is 16.1. The molecule has 0 unspecified atom stereocenters. The zero-order valence-corrected chi connectivity index (χ0v) is 16.1. The Morgan fingerprint density at radius 3 is 2.38 bits per heavy atom. The lowest BCUT2D eigenvalue weighted by atomic mass is 10.0. The van der Waals surface area contributed by atoms with Crippen LogP contribution >= 0.6 is 0 Å². The number of hydrogen-bond donors (Lipinski definition) is 1. The van der Waals surface area contributed by atoms with Crippen LogP contribution in [0.15, 0.2) is 0 Å². The van der Waals surface area contributed by atoms with E-state index in [0.717, 1.165) is 37.4 Å². The van der Waals surface area contributed by atoms with Crippen molar-refractivity contribution in [2.75, 3.05) is 32.1 Å². The highest BCUT2D eigenvalue weighted by Crippen LogP contribution is 2.27. The Morgan fingerprint density at radius 1 is 1.21 bits per heavy atom. The number of rotatable bonds is 6. The molecule has 1 aromatic heterocycles. The molecule has 1 aliphatic heterocycles. The number of hydrogen-bond acceptors (Lipinski definition) is 4. The molecule has 0 spiro atoms. The summed E-state index contributed by atoms with van der Waals surface area (Å²) in [6.45, 7) is 8.75. The standard InChI is InChI=1S/C18H33N5O/c1-13(2)16-15(17(21(4)5)22(6)20-16)12-19-14(3)18(24)23-10-8-7-9-11-23/h13-14,19H,7-12H2,1-6H3/t14-/m0/s1. The van der Waals surface area contributed by atoms with Gasteiger partial charge in [0.25, 0.3) is 0 Å². The number of aromatic nitrogens is 2. The summed E-state index contributed by atoms with van der Waals surface area (Å²) in [5.74, 6) is 1.68. The molecule has 0 saturated carbocycles. The highest BCUT2D eigenvalue weighted by molar-refractivity contribution is 5.81. The van der Waals surface area contributed by atoms with Gasteiger partial charge < -0.3 is 15.1 Å². The fourth-order valence-corrected chi connectivity index (χ4v) is 3.50. The van der Waals surface area contributed by atoms with Gasteiger partial charge in [0.1, 0.15) is 5.82 Å². The third-order valence-corrected chi connectivity index (χ3v) is 4.74. The molecule has 136 valence electrons. The van der Waals surface area contributed by atoms with Crippen molar-refractivity contribution in [2.24, 2.45) is 7.05 Å². The van der Waals surface area contributed by atoms with Crippen LogP contribution in [0.4, 0.5) is 5.82 Å². The molecule has 6 nitrogen and oxygen atoms in total. The van der Waals surface area contributed by atoms with Crippen LogP contribution in [0.2, 0.25) is 0 Å². The molecule has 1 amide bonds. The fraction of sp³-hybridized carbons (Fsp3) is 0.778. The Labute approximate surface area is 146 Å². The molecule has 0 aromatic carbocycles. The molecule has 1 N–H and O–H groups in total. The minimum Gasteiger partial charge on any atom is -0.363 e. The van der Waals surface area contributed by atoms with Gasteiger partial charge in [-0.05, 0) is 32.1 Å². The number of carbonyl (C=O) groups is 1. The van der Waals surface area contributed by atoms with Gasteiger partial charge in [-0.15, -0.1) is 0 Å². The maximum atomic E-state index is 12.6. The van der Waals surface area contributed by atoms with Crippen LogP contribution in [0, 0.1) is 0 Å². The van der Waals surface area contributed by atoms with Gasteiger partial charge in [-0.2, -0.15) is 5.10 Å². The van der Waals surface area contributed by atoms with Crippen LogP contribution in [-0.4, -0.2) is 53.8 Å². The first-order chi connectivity index (χ1) is 11.3. The lowest BCUT2D eigenvalue weighted by Crippen LogP contribution is -2.46. The molecule has 1 aromatic rings. The van der Waals surface area contributed by atoms with E-state index in [1.165, 1.54) is 12.0 Å². The van der Waals surface area contributed by atoms with Gasteiger partial charge in [0.05, 0.1) is 11.7 Å². The van der Waals surface area contributed by atoms with Crippen LogP contribution in [0.1, 0.15) is 57.2 Å². The Morgan fingerprint density at radius 2 is 1.83 bits per heavy atom. The number of nitrogens with zero attached hydrogens (tertiary/aromatic N) is 4. The highest BCUT2D eigenvalue weighted by atomic mass is 16.2. The number of nitrogens with one attached hydrogen (secondary N) is 1. The van der Waals surface area contributed by atoms with Crippen molar-refractivity contribution in [3.8, 4) is 0 Å². The van der Waals surface area contributed by atoms with Crippen LogP contribution in [0.5, 0.6) is 0 Å². The van der Waals surface area contributed by atoms with Crippen LogP contribution in [0.3, 0.4) is 0 Å². The zero-order chi connectivity index (χ0) is 17.9. The maximum Gasteiger partial charge on any atom is 0.239 e. The van der Waals surface area contributed by atoms with Gasteiger partial charge >= 0.3 is 0 Å². The molecular weight excluding hydrogens is 302 g/mol. The Kier molecular flexibility index (Phi) is 6.27. The summed E-state index contributed by atoms with van der Waals surface area (Å²) in [5.41, 5.74) is 2.29. The largest absolute Gasteiger partial charge is 0.363 e. The van der Waals surface area contributed by atoms with E-state index in [4.69, 9.17) is 0 Å². The monoisotopic (exact) mass is 335 g/mol. The van der Waals surface area contributed by atoms with E-state index in [1.54, 1.807) is 0 Å². The summed E-state index contributed by atoms with van der Waals surface area (Å²) in [4.78, 5) is 16.7. The minimum absolute atomic E-state index is 0.168. The molecule has 24 heavy (non-hydrogen) atoms. The first-order valence-corrected chi connectivity index (χ1v) is 9.08. The van der Waals surface area contributed by atoms with E-state index in [2.05, 4.69) is 29.2 Å². The van der Waals surface area contributed by atoms with E-state index in [-0.39, 0.29) is 11.9 Å². The highest BCUT2D eigenvalue weighted by Gasteiger charge is 2.24. The second kappa shape index (κ2) is 8.01. The predicted molar refractivity (Wildman–Crippen MR) is 98.4 cm³/mol. The van der Waals surface area contributed by atoms with Gasteiger partial charge in [-0.1, -0.05) is 13.8 Å². The summed E-state index contributed by atoms with van der Waals surface area (Å²) in [7, 11) is 6.05. The SMILES string of the molecule is CC(C)c1nn(C)c(N(C)C)c1CN[C@@H](C)C(=O)N1CCCCC1. The predicted octanol–water partition coefficient (Wildman–Crippen LogP) is 2.10. The van der Waals surface area contributed by atoms with Crippen molar-refractivity contribution in [1.82, 2.24) is 20.0 Å². The lowest BCUT2D eigenvalue weighted by molar-refractivity contribution is -0.133. The first-order valence-electron chi connectivity index (χ1n) is 9.08. The average Bonchev–Trinajstić information content (AvgIpc) is 2.89. The second-order valence-electron chi connectivity index (χ2n) is 7.35. The number of amides is 1. The summed E-state index contributed by atoms with van der Waals surface area (Å²) < 4.78 is 1.93. The average molecular weight is 335 g/mol. The third-order valence-electron chi connectivity index (χ3n) is 4.74. The molecule has 1 saturated heterocycles. The molecule has 6 heteroatoms. The number of likely N-dealkylation sites (tertiary alicyclic amines) is 1. The number of piperidine rings is 1. The summed E-state index contributed by atoms with van der Waals surface area (Å²) in [6, 6.07) is -0.168. The van der Waals surface area contributed by atoms with Crippen molar-refractivity contribution in [3.05, 3.63) is 11.3 Å². The molecule has 0 radical (unpaired) electrons. The summed E-state index contributed by atoms with van der Waals surface area (Å²) in [5, 5.41) is 8.11. The van der Waals surface area contributed by atoms with Gasteiger partial charge in [-0.25, -0.2) is 0 Å². The van der Waals surface area contributed by atoms with Crippen LogP contribution in [0.25, 0.3) is 0 Å². The van der Waals surface area contributed by atoms with E-state index in [0.29, 0.717) is 12.5 Å². The normalized spacial score (nSPS) is 16.5. The fourth-order valence-electron chi connectivity index (χ4n) is 3.50. The van der Waals surface area contributed by atoms with Crippen molar-refractivity contribution in [3.63, 3.8) is 0 Å². The van der Waals surface area contributed by atoms with Crippen molar-refractivity contribution >= 4 is 11.7 Å². The van der Waals surface area contributed by atoms with E-state index in [9.17, 15) is 4.79 Å². The molecule has 1 aliphatic rings. The number of carbonyl (C=O) groups excluding carboxylic acids is 1. The summed E-state index contributed by atoms with van der Waals surface area (Å²) in [6.07, 6.45) is 3.50. The van der Waals surface area contributed by atoms with E-state index >= 15 is 0 Å². The van der Waals surface area contributed by atoms with Crippen LogP contribution in [-0.2, 0) is 18.4 Å². The van der Waals surface area contributed by atoms with Gasteiger partial charge in [0, 0.05) is 46.3 Å². The smallest absolute Gasteiger partial charge is 0.239 e. The van der Waals surface area contributed by atoms with Crippen molar-refractivity contribution < 1.29 is 4.79 Å². The molecule has 1 fully saturated rings. The van der Waals surface area contributed by atoms with E-state index in [1.807, 2.05) is 37.6 Å². The summed E-state index contributed by atoms with van der Waals surface area (Å²) >= 11 is 0. The topological polar surface area (TPSA) is 53.4 Å². The van der Waals surface area contributed by atoms with Gasteiger partial charge in [-0.3, -0.25) is 9.48 Å². The number of anilines is 1. The van der Waals surface area contributed by atoms with Gasteiger partial charge in [0.2, 0.25) is 5.91 Å². The van der Waals surface area contributed by atoms with Gasteiger partial charge in [0.15, 0.2) is 0 Å². The van der Waals surface area contributed by atoms with Crippen molar-refractivity contribution in [1.29, 1.82) is 0 Å². The third kappa shape index (κ3) is 4.09. The van der Waals surface area contributed by atoms with Crippen molar-refractivity contribution in [2.45, 2.75) is 58.5 Å². The Balaban J connectivity index is 2.08. The minimum atomic E-state index is -0.168. The van der Waals surface area contributed by atoms with E-state index < -0.39 is 0 Å². The Bertz CT molecular complexity index is 558.